The van der Waals surface area contributed by atoms with Crippen molar-refractivity contribution >= 4 is 51.8 Å². The Morgan fingerprint density at radius 1 is 1.17 bits per heavy atom. The van der Waals surface area contributed by atoms with Gasteiger partial charge in [-0.3, -0.25) is 19.3 Å². The maximum Gasteiger partial charge on any atom is 0.294 e. The standard InChI is InChI=1S/C28H31N3O4S/c1-7-31-22-14-23(35-6)19(12-20(22)18(3)15-28(31,4)5)13-24-26(33)30(27(34)36-24)16-25(32)29-21-11-9-8-10-17(21)2/h8-15H,7,16H2,1-6H3,(H,29,32)/b24-13+. The molecule has 1 saturated heterocycles. The highest BCUT2D eigenvalue weighted by atomic mass is 32.2. The molecule has 36 heavy (non-hydrogen) atoms. The third-order valence-electron chi connectivity index (χ3n) is 6.53. The zero-order valence-electron chi connectivity index (χ0n) is 21.5. The minimum absolute atomic E-state index is 0.139. The van der Waals surface area contributed by atoms with Crippen LogP contribution in [-0.2, 0) is 9.59 Å². The van der Waals surface area contributed by atoms with Crippen LogP contribution in [0.5, 0.6) is 5.75 Å². The molecule has 0 spiro atoms. The summed E-state index contributed by atoms with van der Waals surface area (Å²) < 4.78 is 5.68. The van der Waals surface area contributed by atoms with E-state index in [4.69, 9.17) is 4.74 Å². The molecule has 2 heterocycles. The highest BCUT2D eigenvalue weighted by Gasteiger charge is 2.37. The second kappa shape index (κ2) is 9.85. The number of rotatable bonds is 6. The van der Waals surface area contributed by atoms with Gasteiger partial charge in [0.25, 0.3) is 11.1 Å². The number of nitrogens with one attached hydrogen (secondary N) is 1. The number of carbonyl (C=O) groups excluding carboxylic acids is 3. The van der Waals surface area contributed by atoms with E-state index in [0.717, 1.165) is 45.6 Å². The molecule has 0 atom stereocenters. The Kier molecular flexibility index (Phi) is 7.00. The van der Waals surface area contributed by atoms with Gasteiger partial charge >= 0.3 is 0 Å². The van der Waals surface area contributed by atoms with E-state index in [1.165, 1.54) is 0 Å². The Labute approximate surface area is 216 Å². The molecule has 2 aromatic rings. The quantitative estimate of drug-likeness (QED) is 0.508. The van der Waals surface area contributed by atoms with Crippen LogP contribution < -0.4 is 15.0 Å². The lowest BCUT2D eigenvalue weighted by atomic mass is 9.87. The van der Waals surface area contributed by atoms with Crippen LogP contribution in [0.2, 0.25) is 0 Å². The van der Waals surface area contributed by atoms with Gasteiger partial charge in [0.15, 0.2) is 0 Å². The molecule has 0 bridgehead atoms. The highest BCUT2D eigenvalue weighted by Crippen LogP contribution is 2.43. The van der Waals surface area contributed by atoms with Crippen molar-refractivity contribution in [2.75, 3.05) is 30.4 Å². The molecule has 188 valence electrons. The van der Waals surface area contributed by atoms with Gasteiger partial charge in [-0.05, 0) is 75.7 Å². The number of nitrogens with zero attached hydrogens (tertiary/aromatic N) is 2. The van der Waals surface area contributed by atoms with E-state index in [1.54, 1.807) is 19.3 Å². The molecule has 3 amide bonds. The topological polar surface area (TPSA) is 79.0 Å². The number of imide groups is 1. The fourth-order valence-electron chi connectivity index (χ4n) is 4.81. The molecule has 0 unspecified atom stereocenters. The number of fused-ring (bicyclic) bond motifs is 1. The summed E-state index contributed by atoms with van der Waals surface area (Å²) in [7, 11) is 1.59. The summed E-state index contributed by atoms with van der Waals surface area (Å²) in [5.41, 5.74) is 5.37. The zero-order valence-corrected chi connectivity index (χ0v) is 22.3. The minimum atomic E-state index is -0.492. The molecule has 0 radical (unpaired) electrons. The van der Waals surface area contributed by atoms with Crippen molar-refractivity contribution in [2.24, 2.45) is 0 Å². The van der Waals surface area contributed by atoms with Crippen LogP contribution >= 0.6 is 11.8 Å². The molecule has 0 aromatic heterocycles. The molecule has 8 heteroatoms. The Hall–Kier alpha value is -3.52. The van der Waals surface area contributed by atoms with Crippen molar-refractivity contribution in [1.82, 2.24) is 4.90 Å². The fourth-order valence-corrected chi connectivity index (χ4v) is 5.64. The summed E-state index contributed by atoms with van der Waals surface area (Å²) >= 11 is 0.828. The van der Waals surface area contributed by atoms with Gasteiger partial charge in [-0.1, -0.05) is 24.3 Å². The molecule has 0 saturated carbocycles. The molecule has 2 aliphatic heterocycles. The number of hydrogen-bond donors (Lipinski definition) is 1. The first-order valence-electron chi connectivity index (χ1n) is 11.9. The average Bonchev–Trinajstić information content (AvgIpc) is 3.07. The van der Waals surface area contributed by atoms with Crippen molar-refractivity contribution < 1.29 is 19.1 Å². The average molecular weight is 506 g/mol. The van der Waals surface area contributed by atoms with Crippen LogP contribution in [-0.4, -0.2) is 47.7 Å². The maximum atomic E-state index is 13.1. The summed E-state index contributed by atoms with van der Waals surface area (Å²) in [5, 5.41) is 2.30. The van der Waals surface area contributed by atoms with Crippen LogP contribution in [0.1, 0.15) is 44.4 Å². The summed E-state index contributed by atoms with van der Waals surface area (Å²) in [5.74, 6) is -0.308. The zero-order chi connectivity index (χ0) is 26.2. The van der Waals surface area contributed by atoms with Crippen LogP contribution in [0.3, 0.4) is 0 Å². The van der Waals surface area contributed by atoms with E-state index < -0.39 is 17.1 Å². The van der Waals surface area contributed by atoms with E-state index in [1.807, 2.05) is 37.3 Å². The lowest BCUT2D eigenvalue weighted by molar-refractivity contribution is -0.127. The van der Waals surface area contributed by atoms with Gasteiger partial charge in [0.05, 0.1) is 17.6 Å². The van der Waals surface area contributed by atoms with Gasteiger partial charge in [0.2, 0.25) is 5.91 Å². The number of carbonyl (C=O) groups is 3. The second-order valence-corrected chi connectivity index (χ2v) is 10.5. The molecule has 0 aliphatic carbocycles. The van der Waals surface area contributed by atoms with Gasteiger partial charge in [0.1, 0.15) is 12.3 Å². The van der Waals surface area contributed by atoms with Crippen molar-refractivity contribution in [1.29, 1.82) is 0 Å². The van der Waals surface area contributed by atoms with Gasteiger partial charge in [-0.25, -0.2) is 0 Å². The van der Waals surface area contributed by atoms with Crippen LogP contribution in [0, 0.1) is 6.92 Å². The number of thioether (sulfide) groups is 1. The molecule has 7 nitrogen and oxygen atoms in total. The number of methoxy groups -OCH3 is 1. The monoisotopic (exact) mass is 505 g/mol. The van der Waals surface area contributed by atoms with Crippen molar-refractivity contribution in [2.45, 2.75) is 40.2 Å². The largest absolute Gasteiger partial charge is 0.496 e. The lowest BCUT2D eigenvalue weighted by Gasteiger charge is -2.43. The Morgan fingerprint density at radius 3 is 2.56 bits per heavy atom. The second-order valence-electron chi connectivity index (χ2n) is 9.47. The molecular weight excluding hydrogens is 474 g/mol. The van der Waals surface area contributed by atoms with Gasteiger partial charge < -0.3 is 15.0 Å². The third-order valence-corrected chi connectivity index (χ3v) is 7.43. The minimum Gasteiger partial charge on any atom is -0.496 e. The van der Waals surface area contributed by atoms with E-state index in [9.17, 15) is 14.4 Å². The number of benzene rings is 2. The van der Waals surface area contributed by atoms with Crippen LogP contribution in [0.15, 0.2) is 47.4 Å². The number of allylic oxidation sites excluding steroid dienone is 1. The van der Waals surface area contributed by atoms with Crippen LogP contribution in [0.4, 0.5) is 16.2 Å². The highest BCUT2D eigenvalue weighted by molar-refractivity contribution is 8.18. The number of aryl methyl sites for hydroxylation is 1. The summed E-state index contributed by atoms with van der Waals surface area (Å²) in [6.07, 6.45) is 3.91. The Morgan fingerprint density at radius 2 is 1.89 bits per heavy atom. The first-order chi connectivity index (χ1) is 17.1. The molecule has 1 fully saturated rings. The predicted octanol–water partition coefficient (Wildman–Crippen LogP) is 5.70. The van der Waals surface area contributed by atoms with Crippen LogP contribution in [0.25, 0.3) is 11.6 Å². The summed E-state index contributed by atoms with van der Waals surface area (Å²) in [6, 6.07) is 11.3. The number of ether oxygens (including phenoxy) is 1. The Bertz CT molecular complexity index is 1310. The molecule has 2 aromatic carbocycles. The summed E-state index contributed by atoms with van der Waals surface area (Å²) in [4.78, 5) is 41.8. The maximum absolute atomic E-state index is 13.1. The van der Waals surface area contributed by atoms with Crippen molar-refractivity contribution in [3.63, 3.8) is 0 Å². The number of hydrogen-bond acceptors (Lipinski definition) is 6. The normalized spacial score (nSPS) is 17.8. The van der Waals surface area contributed by atoms with Gasteiger partial charge in [-0.2, -0.15) is 0 Å². The molecule has 4 rings (SSSR count). The molecule has 1 N–H and O–H groups in total. The molecular formula is C28H31N3O4S. The first kappa shape index (κ1) is 25.6. The van der Waals surface area contributed by atoms with E-state index in [-0.39, 0.29) is 17.0 Å². The van der Waals surface area contributed by atoms with E-state index in [0.29, 0.717) is 17.0 Å². The van der Waals surface area contributed by atoms with Gasteiger partial charge in [-0.15, -0.1) is 0 Å². The SMILES string of the molecule is CCN1c2cc(OC)c(/C=C3/SC(=O)N(CC(=O)Nc4ccccc4C)C3=O)cc2C(C)=CC1(C)C. The number of likely N-dealkylation sites (N-methyl/N-ethyl adjacent to an activating group) is 1. The smallest absolute Gasteiger partial charge is 0.294 e. The first-order valence-corrected chi connectivity index (χ1v) is 12.7. The number of para-hydroxylation sites is 1. The van der Waals surface area contributed by atoms with E-state index in [2.05, 4.69) is 44.0 Å². The van der Waals surface area contributed by atoms with Gasteiger partial charge in [0, 0.05) is 35.1 Å². The third kappa shape index (κ3) is 4.78. The molecule has 2 aliphatic rings. The lowest BCUT2D eigenvalue weighted by Crippen LogP contribution is -2.44. The van der Waals surface area contributed by atoms with Crippen molar-refractivity contribution in [3.05, 3.63) is 64.1 Å². The Balaban J connectivity index is 1.61. The fraction of sp³-hybridized carbons (Fsp3) is 0.321. The predicted molar refractivity (Wildman–Crippen MR) is 146 cm³/mol. The number of anilines is 2. The summed E-state index contributed by atoms with van der Waals surface area (Å²) in [6.45, 7) is 10.9. The van der Waals surface area contributed by atoms with Crippen molar-refractivity contribution in [3.8, 4) is 5.75 Å². The van der Waals surface area contributed by atoms with E-state index >= 15 is 0 Å². The number of amides is 3.